The van der Waals surface area contributed by atoms with E-state index in [1.807, 2.05) is 0 Å². The Bertz CT molecular complexity index is 692. The Hall–Kier alpha value is -3.15. The molecule has 0 atom stereocenters. The molecule has 0 unspecified atom stereocenters. The molecule has 112 valence electrons. The lowest BCUT2D eigenvalue weighted by Gasteiger charge is -2.03. The Labute approximate surface area is 127 Å². The fraction of sp³-hybridized carbons (Fsp3) is 0.0625. The lowest BCUT2D eigenvalue weighted by atomic mass is 10.2. The summed E-state index contributed by atoms with van der Waals surface area (Å²) in [6.07, 6.45) is 1.48. The molecule has 0 aliphatic carbocycles. The topological polar surface area (TPSA) is 90.8 Å². The zero-order chi connectivity index (χ0) is 15.9. The van der Waals surface area contributed by atoms with E-state index in [0.29, 0.717) is 11.3 Å². The van der Waals surface area contributed by atoms with Crippen LogP contribution in [0.2, 0.25) is 0 Å². The first-order valence-corrected chi connectivity index (χ1v) is 6.55. The van der Waals surface area contributed by atoms with Gasteiger partial charge in [-0.15, -0.1) is 0 Å². The Morgan fingerprint density at radius 1 is 1.05 bits per heavy atom. The summed E-state index contributed by atoms with van der Waals surface area (Å²) in [4.78, 5) is 22.8. The molecule has 0 radical (unpaired) electrons. The molecule has 0 fully saturated rings. The number of carbonyl (C=O) groups excluding carboxylic acids is 2. The zero-order valence-electron chi connectivity index (χ0n) is 11.9. The molecule has 0 spiro atoms. The lowest BCUT2D eigenvalue weighted by molar-refractivity contribution is -0.114. The minimum absolute atomic E-state index is 0.167. The molecule has 6 nitrogen and oxygen atoms in total. The van der Waals surface area contributed by atoms with Crippen molar-refractivity contribution in [2.45, 2.75) is 6.92 Å². The van der Waals surface area contributed by atoms with Crippen LogP contribution in [0.5, 0.6) is 5.75 Å². The molecule has 0 heterocycles. The maximum Gasteiger partial charge on any atom is 0.271 e. The summed E-state index contributed by atoms with van der Waals surface area (Å²) in [5.74, 6) is -0.361. The van der Waals surface area contributed by atoms with Gasteiger partial charge < -0.3 is 10.4 Å². The SMILES string of the molecule is CC(=O)Nc1ccc(C(=O)N/N=C\c2ccc(O)cc2)cc1. The highest BCUT2D eigenvalue weighted by atomic mass is 16.3. The molecule has 6 heteroatoms. The van der Waals surface area contributed by atoms with Crippen LogP contribution in [-0.2, 0) is 4.79 Å². The average Bonchev–Trinajstić information content (AvgIpc) is 2.49. The molecule has 0 saturated heterocycles. The first-order chi connectivity index (χ1) is 10.5. The number of anilines is 1. The minimum Gasteiger partial charge on any atom is -0.508 e. The highest BCUT2D eigenvalue weighted by Crippen LogP contribution is 2.10. The Morgan fingerprint density at radius 2 is 1.68 bits per heavy atom. The van der Waals surface area contributed by atoms with Gasteiger partial charge in [0.2, 0.25) is 5.91 Å². The van der Waals surface area contributed by atoms with Crippen LogP contribution < -0.4 is 10.7 Å². The second-order valence-electron chi connectivity index (χ2n) is 4.55. The van der Waals surface area contributed by atoms with Gasteiger partial charge in [0.05, 0.1) is 6.21 Å². The molecule has 0 bridgehead atoms. The van der Waals surface area contributed by atoms with Crippen molar-refractivity contribution in [1.82, 2.24) is 5.43 Å². The molecule has 3 N–H and O–H groups in total. The fourth-order valence-electron chi connectivity index (χ4n) is 1.70. The van der Waals surface area contributed by atoms with Gasteiger partial charge >= 0.3 is 0 Å². The third kappa shape index (κ3) is 4.45. The van der Waals surface area contributed by atoms with Crippen molar-refractivity contribution in [2.24, 2.45) is 5.10 Å². The molecule has 2 amide bonds. The smallest absolute Gasteiger partial charge is 0.271 e. The van der Waals surface area contributed by atoms with Gasteiger partial charge in [-0.2, -0.15) is 5.10 Å². The molecule has 0 aliphatic rings. The van der Waals surface area contributed by atoms with Gasteiger partial charge in [0.25, 0.3) is 5.91 Å². The Balaban J connectivity index is 1.94. The van der Waals surface area contributed by atoms with Gasteiger partial charge in [-0.3, -0.25) is 9.59 Å². The number of hydrogen-bond donors (Lipinski definition) is 3. The van der Waals surface area contributed by atoms with Gasteiger partial charge in [-0.05, 0) is 54.1 Å². The van der Waals surface area contributed by atoms with Gasteiger partial charge in [-0.25, -0.2) is 5.43 Å². The van der Waals surface area contributed by atoms with Gasteiger partial charge in [-0.1, -0.05) is 0 Å². The first-order valence-electron chi connectivity index (χ1n) is 6.55. The van der Waals surface area contributed by atoms with Crippen molar-refractivity contribution < 1.29 is 14.7 Å². The summed E-state index contributed by atoms with van der Waals surface area (Å²) in [6, 6.07) is 12.9. The van der Waals surface area contributed by atoms with Gasteiger partial charge in [0.15, 0.2) is 0 Å². The van der Waals surface area contributed by atoms with Crippen LogP contribution in [0, 0.1) is 0 Å². The Kier molecular flexibility index (Phi) is 4.87. The number of carbonyl (C=O) groups is 2. The number of phenolic OH excluding ortho intramolecular Hbond substituents is 1. The molecule has 0 aromatic heterocycles. The molecule has 22 heavy (non-hydrogen) atoms. The lowest BCUT2D eigenvalue weighted by Crippen LogP contribution is -2.17. The van der Waals surface area contributed by atoms with Crippen LogP contribution in [0.4, 0.5) is 5.69 Å². The summed E-state index contributed by atoms with van der Waals surface area (Å²) in [5.41, 5.74) is 4.20. The number of amides is 2. The normalized spacial score (nSPS) is 10.4. The number of benzene rings is 2. The highest BCUT2D eigenvalue weighted by Gasteiger charge is 2.04. The van der Waals surface area contributed by atoms with Crippen molar-refractivity contribution in [3.8, 4) is 5.75 Å². The largest absolute Gasteiger partial charge is 0.508 e. The molecular weight excluding hydrogens is 282 g/mol. The molecule has 2 aromatic carbocycles. The van der Waals surface area contributed by atoms with Gasteiger partial charge in [0, 0.05) is 18.2 Å². The number of nitrogens with one attached hydrogen (secondary N) is 2. The summed E-state index contributed by atoms with van der Waals surface area (Å²) in [7, 11) is 0. The number of nitrogens with zero attached hydrogens (tertiary/aromatic N) is 1. The fourth-order valence-corrected chi connectivity index (χ4v) is 1.70. The second-order valence-corrected chi connectivity index (χ2v) is 4.55. The van der Waals surface area contributed by atoms with E-state index in [1.165, 1.54) is 25.3 Å². The van der Waals surface area contributed by atoms with Crippen molar-refractivity contribution in [3.05, 3.63) is 59.7 Å². The number of hydrazone groups is 1. The molecular formula is C16H15N3O3. The van der Waals surface area contributed by atoms with Crippen molar-refractivity contribution >= 4 is 23.7 Å². The van der Waals surface area contributed by atoms with E-state index in [-0.39, 0.29) is 17.6 Å². The van der Waals surface area contributed by atoms with E-state index in [2.05, 4.69) is 15.8 Å². The zero-order valence-corrected chi connectivity index (χ0v) is 11.9. The van der Waals surface area contributed by atoms with E-state index in [9.17, 15) is 9.59 Å². The van der Waals surface area contributed by atoms with Crippen LogP contribution >= 0.6 is 0 Å². The second kappa shape index (κ2) is 7.03. The van der Waals surface area contributed by atoms with Crippen LogP contribution in [0.25, 0.3) is 0 Å². The summed E-state index contributed by atoms with van der Waals surface area (Å²) >= 11 is 0. The van der Waals surface area contributed by atoms with Crippen molar-refractivity contribution in [1.29, 1.82) is 0 Å². The quantitative estimate of drug-likeness (QED) is 0.596. The van der Waals surface area contributed by atoms with Crippen LogP contribution in [0.3, 0.4) is 0 Å². The summed E-state index contributed by atoms with van der Waals surface area (Å²) < 4.78 is 0. The van der Waals surface area contributed by atoms with E-state index in [4.69, 9.17) is 5.11 Å². The predicted octanol–water partition coefficient (Wildman–Crippen LogP) is 2.11. The number of aromatic hydroxyl groups is 1. The third-order valence-corrected chi connectivity index (χ3v) is 2.74. The first kappa shape index (κ1) is 15.2. The molecule has 2 rings (SSSR count). The van der Waals surface area contributed by atoms with Crippen LogP contribution in [0.1, 0.15) is 22.8 Å². The predicted molar refractivity (Wildman–Crippen MR) is 83.9 cm³/mol. The van der Waals surface area contributed by atoms with E-state index >= 15 is 0 Å². The van der Waals surface area contributed by atoms with Crippen LogP contribution in [0.15, 0.2) is 53.6 Å². The summed E-state index contributed by atoms with van der Waals surface area (Å²) in [5, 5.41) is 15.6. The van der Waals surface area contributed by atoms with E-state index in [0.717, 1.165) is 5.56 Å². The van der Waals surface area contributed by atoms with Crippen molar-refractivity contribution in [2.75, 3.05) is 5.32 Å². The molecule has 0 saturated carbocycles. The molecule has 2 aromatic rings. The number of rotatable bonds is 4. The van der Waals surface area contributed by atoms with Crippen LogP contribution in [-0.4, -0.2) is 23.1 Å². The minimum atomic E-state index is -0.357. The Morgan fingerprint density at radius 3 is 2.27 bits per heavy atom. The summed E-state index contributed by atoms with van der Waals surface area (Å²) in [6.45, 7) is 1.42. The average molecular weight is 297 g/mol. The highest BCUT2D eigenvalue weighted by molar-refractivity contribution is 5.96. The van der Waals surface area contributed by atoms with Crippen molar-refractivity contribution in [3.63, 3.8) is 0 Å². The molecule has 0 aliphatic heterocycles. The maximum atomic E-state index is 11.9. The standard InChI is InChI=1S/C16H15N3O3/c1-11(20)18-14-6-4-13(5-7-14)16(22)19-17-10-12-2-8-15(21)9-3-12/h2-10,21H,1H3,(H,18,20)(H,19,22)/b17-10-. The van der Waals surface area contributed by atoms with Gasteiger partial charge in [0.1, 0.15) is 5.75 Å². The maximum absolute atomic E-state index is 11.9. The third-order valence-electron chi connectivity index (χ3n) is 2.74. The van der Waals surface area contributed by atoms with E-state index in [1.54, 1.807) is 36.4 Å². The number of phenols is 1. The monoisotopic (exact) mass is 297 g/mol. The number of hydrogen-bond acceptors (Lipinski definition) is 4. The van der Waals surface area contributed by atoms with E-state index < -0.39 is 0 Å².